The lowest BCUT2D eigenvalue weighted by Crippen LogP contribution is -2.35. The Morgan fingerprint density at radius 1 is 1.20 bits per heavy atom. The van der Waals surface area contributed by atoms with Gasteiger partial charge in [0.1, 0.15) is 18.0 Å². The Kier molecular flexibility index (Phi) is 3.82. The number of hydrogen-bond acceptors (Lipinski definition) is 7. The molecule has 2 fully saturated rings. The van der Waals surface area contributed by atoms with Crippen molar-refractivity contribution in [3.05, 3.63) is 18.2 Å². The van der Waals surface area contributed by atoms with Gasteiger partial charge in [-0.1, -0.05) is 11.9 Å². The minimum Gasteiger partial charge on any atom is -0.483 e. The summed E-state index contributed by atoms with van der Waals surface area (Å²) in [4.78, 5) is 13.8. The van der Waals surface area contributed by atoms with Gasteiger partial charge in [0.15, 0.2) is 5.75 Å². The predicted molar refractivity (Wildman–Crippen MR) is 97.6 cm³/mol. The molecule has 0 amide bonds. The van der Waals surface area contributed by atoms with Gasteiger partial charge in [-0.05, 0) is 31.9 Å². The molecular formula is C17H22N6OS. The third kappa shape index (κ3) is 2.87. The number of ether oxygens (including phenoxy) is 1. The van der Waals surface area contributed by atoms with Gasteiger partial charge in [0, 0.05) is 25.2 Å². The van der Waals surface area contributed by atoms with Crippen molar-refractivity contribution in [3.8, 4) is 17.1 Å². The van der Waals surface area contributed by atoms with Crippen molar-refractivity contribution >= 4 is 17.9 Å². The second kappa shape index (κ2) is 6.17. The summed E-state index contributed by atoms with van der Waals surface area (Å²) >= 11 is 1.82. The smallest absolute Gasteiger partial charge is 0.223 e. The summed E-state index contributed by atoms with van der Waals surface area (Å²) in [5.74, 6) is 1.46. The van der Waals surface area contributed by atoms with Crippen LogP contribution in [0, 0.1) is 0 Å². The molecule has 0 spiro atoms. The van der Waals surface area contributed by atoms with Crippen LogP contribution in [-0.4, -0.2) is 49.2 Å². The molecule has 0 atom stereocenters. The van der Waals surface area contributed by atoms with Crippen molar-refractivity contribution < 1.29 is 4.74 Å². The maximum absolute atomic E-state index is 5.80. The third-order valence-corrected chi connectivity index (χ3v) is 6.08. The highest BCUT2D eigenvalue weighted by Crippen LogP contribution is 2.43. The van der Waals surface area contributed by atoms with Crippen molar-refractivity contribution in [1.29, 1.82) is 0 Å². The number of anilines is 1. The molecule has 4 heterocycles. The van der Waals surface area contributed by atoms with Crippen LogP contribution in [0.5, 0.6) is 5.75 Å². The van der Waals surface area contributed by atoms with Gasteiger partial charge in [-0.25, -0.2) is 15.0 Å². The number of hydrogen-bond donors (Lipinski definition) is 1. The summed E-state index contributed by atoms with van der Waals surface area (Å²) in [5.41, 5.74) is 2.98. The molecule has 8 heteroatoms. The molecular weight excluding hydrogens is 336 g/mol. The molecule has 5 rings (SSSR count). The van der Waals surface area contributed by atoms with Crippen molar-refractivity contribution in [2.45, 2.75) is 44.4 Å². The molecule has 0 aromatic carbocycles. The van der Waals surface area contributed by atoms with E-state index in [2.05, 4.69) is 30.4 Å². The quantitative estimate of drug-likeness (QED) is 0.843. The zero-order valence-corrected chi connectivity index (χ0v) is 15.1. The fourth-order valence-electron chi connectivity index (χ4n) is 3.62. The van der Waals surface area contributed by atoms with E-state index < -0.39 is 0 Å². The van der Waals surface area contributed by atoms with E-state index in [1.165, 1.54) is 12.8 Å². The van der Waals surface area contributed by atoms with Crippen LogP contribution in [0.1, 0.15) is 37.4 Å². The van der Waals surface area contributed by atoms with Crippen molar-refractivity contribution in [1.82, 2.24) is 23.8 Å². The van der Waals surface area contributed by atoms with Gasteiger partial charge in [-0.15, -0.1) is 0 Å². The number of aromatic nitrogens is 4. The number of fused-ring (bicyclic) bond motifs is 3. The topological polar surface area (TPSA) is 68.1 Å². The molecule has 0 radical (unpaired) electrons. The van der Waals surface area contributed by atoms with Crippen molar-refractivity contribution in [3.63, 3.8) is 0 Å². The number of rotatable bonds is 4. The van der Waals surface area contributed by atoms with E-state index in [9.17, 15) is 0 Å². The molecule has 132 valence electrons. The van der Waals surface area contributed by atoms with E-state index in [0.29, 0.717) is 24.6 Å². The maximum atomic E-state index is 5.80. The van der Waals surface area contributed by atoms with E-state index in [0.717, 1.165) is 48.8 Å². The molecule has 2 aromatic heterocycles. The van der Waals surface area contributed by atoms with Crippen molar-refractivity contribution in [2.24, 2.45) is 0 Å². The number of nitrogens with zero attached hydrogens (tertiary/aromatic N) is 5. The Bertz CT molecular complexity index is 781. The molecule has 25 heavy (non-hydrogen) atoms. The Hall–Kier alpha value is -1.80. The van der Waals surface area contributed by atoms with Crippen molar-refractivity contribution in [2.75, 3.05) is 24.7 Å². The summed E-state index contributed by atoms with van der Waals surface area (Å²) in [6, 6.07) is 1.00. The predicted octanol–water partition coefficient (Wildman–Crippen LogP) is 2.72. The monoisotopic (exact) mass is 358 g/mol. The van der Waals surface area contributed by atoms with Gasteiger partial charge in [0.2, 0.25) is 5.95 Å². The summed E-state index contributed by atoms with van der Waals surface area (Å²) in [5, 5.41) is 3.52. The second-order valence-corrected chi connectivity index (χ2v) is 7.79. The van der Waals surface area contributed by atoms with Gasteiger partial charge in [0.05, 0.1) is 18.2 Å². The number of nitrogens with one attached hydrogen (secondary N) is 1. The summed E-state index contributed by atoms with van der Waals surface area (Å²) in [7, 11) is 0. The van der Waals surface area contributed by atoms with E-state index in [1.807, 2.05) is 18.3 Å². The third-order valence-electron chi connectivity index (χ3n) is 5.20. The van der Waals surface area contributed by atoms with E-state index in [4.69, 9.17) is 9.72 Å². The Balaban J connectivity index is 1.40. The van der Waals surface area contributed by atoms with Crippen LogP contribution in [0.3, 0.4) is 0 Å². The minimum absolute atomic E-state index is 0.429. The van der Waals surface area contributed by atoms with Crippen LogP contribution in [0.25, 0.3) is 11.4 Å². The molecule has 3 aliphatic rings. The molecule has 0 unspecified atom stereocenters. The zero-order chi connectivity index (χ0) is 16.8. The lowest BCUT2D eigenvalue weighted by atomic mass is 10.1. The van der Waals surface area contributed by atoms with Gasteiger partial charge < -0.3 is 14.6 Å². The van der Waals surface area contributed by atoms with Crippen LogP contribution in [-0.2, 0) is 6.61 Å². The fraction of sp³-hybridized carbons (Fsp3) is 0.588. The molecule has 7 nitrogen and oxygen atoms in total. The second-order valence-electron chi connectivity index (χ2n) is 6.90. The lowest BCUT2D eigenvalue weighted by Gasteiger charge is -2.30. The highest BCUT2D eigenvalue weighted by atomic mass is 32.2. The van der Waals surface area contributed by atoms with Gasteiger partial charge in [-0.2, -0.15) is 0 Å². The van der Waals surface area contributed by atoms with Crippen LogP contribution >= 0.6 is 11.9 Å². The summed E-state index contributed by atoms with van der Waals surface area (Å²) < 4.78 is 10.5. The lowest BCUT2D eigenvalue weighted by molar-refractivity contribution is 0.294. The zero-order valence-electron chi connectivity index (χ0n) is 14.3. The van der Waals surface area contributed by atoms with Gasteiger partial charge in [-0.3, -0.25) is 4.31 Å². The van der Waals surface area contributed by atoms with Crippen LogP contribution in [0.15, 0.2) is 12.5 Å². The molecule has 1 N–H and O–H groups in total. The Labute approximate surface area is 151 Å². The van der Waals surface area contributed by atoms with Crippen LogP contribution < -0.4 is 10.1 Å². The Morgan fingerprint density at radius 2 is 2.04 bits per heavy atom. The maximum Gasteiger partial charge on any atom is 0.223 e. The molecule has 0 bridgehead atoms. The number of piperidine rings is 1. The first-order valence-corrected chi connectivity index (χ1v) is 10.1. The first-order chi connectivity index (χ1) is 12.3. The van der Waals surface area contributed by atoms with Gasteiger partial charge in [0.25, 0.3) is 0 Å². The first kappa shape index (κ1) is 15.5. The van der Waals surface area contributed by atoms with E-state index in [1.54, 1.807) is 6.20 Å². The molecule has 1 saturated heterocycles. The number of imidazole rings is 1. The van der Waals surface area contributed by atoms with E-state index in [-0.39, 0.29) is 0 Å². The normalized spacial score (nSPS) is 20.7. The minimum atomic E-state index is 0.429. The molecule has 2 aromatic rings. The SMILES string of the molecule is CSN1CCC(Nc2ncc3c(n2)-c2c(ncn2C2CC2)CO3)CC1. The van der Waals surface area contributed by atoms with E-state index >= 15 is 0 Å². The molecule has 1 saturated carbocycles. The largest absolute Gasteiger partial charge is 0.483 e. The fourth-order valence-corrected chi connectivity index (χ4v) is 4.20. The Morgan fingerprint density at radius 3 is 2.80 bits per heavy atom. The summed E-state index contributed by atoms with van der Waals surface area (Å²) in [6.45, 7) is 2.71. The average Bonchev–Trinajstić information content (AvgIpc) is 3.41. The first-order valence-electron chi connectivity index (χ1n) is 8.93. The highest BCUT2D eigenvalue weighted by Gasteiger charge is 2.32. The van der Waals surface area contributed by atoms with Gasteiger partial charge >= 0.3 is 0 Å². The summed E-state index contributed by atoms with van der Waals surface area (Å²) in [6.07, 6.45) is 10.6. The molecule has 2 aliphatic heterocycles. The standard InChI is InChI=1S/C17H22N6OS/c1-25-22-6-4-11(5-7-22)20-17-18-8-14-15(21-17)16-13(9-24-14)19-10-23(16)12-2-3-12/h8,10-12H,2-7,9H2,1H3,(H,18,20,21). The van der Waals surface area contributed by atoms with Crippen LogP contribution in [0.2, 0.25) is 0 Å². The average molecular weight is 358 g/mol. The van der Waals surface area contributed by atoms with Crippen LogP contribution in [0.4, 0.5) is 5.95 Å². The highest BCUT2D eigenvalue weighted by molar-refractivity contribution is 7.96. The molecule has 1 aliphatic carbocycles.